The quantitative estimate of drug-likeness (QED) is 0.731. The first-order valence-corrected chi connectivity index (χ1v) is 10.2. The average Bonchev–Trinajstić information content (AvgIpc) is 2.78. The van der Waals surface area contributed by atoms with Crippen LogP contribution in [0.15, 0.2) is 36.5 Å². The lowest BCUT2D eigenvalue weighted by atomic mass is 10.0. The molecule has 2 N–H and O–H groups in total. The zero-order chi connectivity index (χ0) is 24.3. The molecular formula is C22H23F3N6O2. The van der Waals surface area contributed by atoms with Crippen molar-refractivity contribution in [1.29, 1.82) is 5.26 Å². The van der Waals surface area contributed by atoms with E-state index < -0.39 is 17.3 Å². The number of nitriles is 1. The van der Waals surface area contributed by atoms with E-state index in [2.05, 4.69) is 15.6 Å². The molecule has 0 radical (unpaired) electrons. The maximum absolute atomic E-state index is 13.4. The number of pyridine rings is 1. The van der Waals surface area contributed by atoms with E-state index in [0.717, 1.165) is 6.07 Å². The van der Waals surface area contributed by atoms with Crippen molar-refractivity contribution in [1.82, 2.24) is 15.2 Å². The molecule has 11 heteroatoms. The fourth-order valence-electron chi connectivity index (χ4n) is 3.77. The lowest BCUT2D eigenvalue weighted by Gasteiger charge is -2.45. The van der Waals surface area contributed by atoms with Gasteiger partial charge in [0.25, 0.3) is 5.91 Å². The van der Waals surface area contributed by atoms with E-state index in [4.69, 9.17) is 5.26 Å². The molecule has 0 aliphatic carbocycles. The topological polar surface area (TPSA) is 101 Å². The smallest absolute Gasteiger partial charge is 0.365 e. The van der Waals surface area contributed by atoms with Crippen molar-refractivity contribution in [3.05, 3.63) is 53.3 Å². The Morgan fingerprint density at radius 3 is 2.52 bits per heavy atom. The molecule has 2 heterocycles. The highest BCUT2D eigenvalue weighted by atomic mass is 19.4. The predicted octanol–water partition coefficient (Wildman–Crippen LogP) is 3.46. The van der Waals surface area contributed by atoms with Crippen molar-refractivity contribution in [2.24, 2.45) is 0 Å². The van der Waals surface area contributed by atoms with E-state index in [-0.39, 0.29) is 36.3 Å². The third-order valence-corrected chi connectivity index (χ3v) is 5.48. The number of carbonyl (C=O) groups is 2. The number of urea groups is 1. The molecule has 2 aromatic rings. The molecule has 0 bridgehead atoms. The Kier molecular flexibility index (Phi) is 6.76. The molecule has 8 nitrogen and oxygen atoms in total. The summed E-state index contributed by atoms with van der Waals surface area (Å²) in [5.41, 5.74) is -0.517. The Bertz CT molecular complexity index is 1100. The predicted molar refractivity (Wildman–Crippen MR) is 116 cm³/mol. The van der Waals surface area contributed by atoms with E-state index >= 15 is 0 Å². The van der Waals surface area contributed by atoms with Crippen LogP contribution in [0, 0.1) is 11.3 Å². The van der Waals surface area contributed by atoms with E-state index in [1.807, 2.05) is 6.92 Å². The van der Waals surface area contributed by atoms with Gasteiger partial charge < -0.3 is 20.4 Å². The Hall–Kier alpha value is -3.81. The van der Waals surface area contributed by atoms with Gasteiger partial charge in [0, 0.05) is 49.8 Å². The molecule has 1 aromatic heterocycles. The highest BCUT2D eigenvalue weighted by Gasteiger charge is 2.36. The van der Waals surface area contributed by atoms with E-state index in [1.165, 1.54) is 31.4 Å². The number of aromatic nitrogens is 1. The van der Waals surface area contributed by atoms with Gasteiger partial charge in [0.1, 0.15) is 5.69 Å². The molecule has 1 aromatic carbocycles. The maximum atomic E-state index is 13.4. The molecule has 3 amide bonds. The van der Waals surface area contributed by atoms with Crippen LogP contribution in [-0.2, 0) is 6.18 Å². The van der Waals surface area contributed by atoms with Crippen LogP contribution in [0.2, 0.25) is 0 Å². The molecule has 2 atom stereocenters. The minimum absolute atomic E-state index is 0.155. The number of nitrogens with one attached hydrogen (secondary N) is 2. The number of hydrogen-bond acceptors (Lipinski definition) is 5. The Labute approximate surface area is 189 Å². The Morgan fingerprint density at radius 2 is 1.88 bits per heavy atom. The van der Waals surface area contributed by atoms with Gasteiger partial charge in [0.15, 0.2) is 0 Å². The van der Waals surface area contributed by atoms with E-state index in [0.29, 0.717) is 17.9 Å². The first-order valence-electron chi connectivity index (χ1n) is 10.2. The highest BCUT2D eigenvalue weighted by molar-refractivity contribution is 5.95. The van der Waals surface area contributed by atoms with Crippen LogP contribution in [0.25, 0.3) is 0 Å². The standard InChI is InChI=1S/C22H23F3N6O2/c1-13-12-31(21(33)29-16-6-7-28-19(8-16)20(32)27-3)14(2)11-30(13)17-5-4-15(10-26)18(9-17)22(23,24)25/h4-9,13-14H,11-12H2,1-3H3,(H,27,32)(H,28,29,33)/t13-,14+/m1/s1. The van der Waals surface area contributed by atoms with Crippen LogP contribution in [-0.4, -0.2) is 54.0 Å². The second-order valence-electron chi connectivity index (χ2n) is 7.78. The molecule has 0 saturated carbocycles. The molecule has 33 heavy (non-hydrogen) atoms. The van der Waals surface area contributed by atoms with Gasteiger partial charge in [-0.2, -0.15) is 18.4 Å². The molecule has 1 aliphatic rings. The third-order valence-electron chi connectivity index (χ3n) is 5.48. The van der Waals surface area contributed by atoms with Crippen LogP contribution in [0.4, 0.5) is 29.3 Å². The van der Waals surface area contributed by atoms with Gasteiger partial charge >= 0.3 is 12.2 Å². The molecule has 0 unspecified atom stereocenters. The zero-order valence-electron chi connectivity index (χ0n) is 18.3. The van der Waals surface area contributed by atoms with Gasteiger partial charge in [0.05, 0.1) is 17.2 Å². The Morgan fingerprint density at radius 1 is 1.15 bits per heavy atom. The van der Waals surface area contributed by atoms with Gasteiger partial charge in [-0.15, -0.1) is 0 Å². The lowest BCUT2D eigenvalue weighted by molar-refractivity contribution is -0.137. The molecule has 1 saturated heterocycles. The first-order chi connectivity index (χ1) is 15.5. The number of hydrogen-bond donors (Lipinski definition) is 2. The normalized spacial score (nSPS) is 18.5. The minimum atomic E-state index is -4.64. The monoisotopic (exact) mass is 460 g/mol. The van der Waals surface area contributed by atoms with Crippen LogP contribution in [0.5, 0.6) is 0 Å². The summed E-state index contributed by atoms with van der Waals surface area (Å²) in [5.74, 6) is -0.387. The average molecular weight is 460 g/mol. The fourth-order valence-corrected chi connectivity index (χ4v) is 3.77. The van der Waals surface area contributed by atoms with Crippen LogP contribution in [0.1, 0.15) is 35.5 Å². The molecular weight excluding hydrogens is 437 g/mol. The number of benzene rings is 1. The SMILES string of the molecule is CNC(=O)c1cc(NC(=O)N2C[C@@H](C)N(c3ccc(C#N)c(C(F)(F)F)c3)C[C@@H]2C)ccn1. The van der Waals surface area contributed by atoms with Crippen molar-refractivity contribution in [2.45, 2.75) is 32.1 Å². The number of alkyl halides is 3. The molecule has 3 rings (SSSR count). The van der Waals surface area contributed by atoms with E-state index in [9.17, 15) is 22.8 Å². The summed E-state index contributed by atoms with van der Waals surface area (Å²) >= 11 is 0. The number of anilines is 2. The highest BCUT2D eigenvalue weighted by Crippen LogP contribution is 2.35. The summed E-state index contributed by atoms with van der Waals surface area (Å²) in [5, 5.41) is 14.2. The number of rotatable bonds is 3. The second-order valence-corrected chi connectivity index (χ2v) is 7.78. The zero-order valence-corrected chi connectivity index (χ0v) is 18.3. The second kappa shape index (κ2) is 9.36. The van der Waals surface area contributed by atoms with E-state index in [1.54, 1.807) is 28.9 Å². The number of halogens is 3. The van der Waals surface area contributed by atoms with Crippen molar-refractivity contribution >= 4 is 23.3 Å². The summed E-state index contributed by atoms with van der Waals surface area (Å²) < 4.78 is 40.1. The first kappa shape index (κ1) is 23.8. The van der Waals surface area contributed by atoms with Crippen LogP contribution in [0.3, 0.4) is 0 Å². The summed E-state index contributed by atoms with van der Waals surface area (Å²) in [6.45, 7) is 4.18. The van der Waals surface area contributed by atoms with Crippen molar-refractivity contribution in [3.8, 4) is 6.07 Å². The van der Waals surface area contributed by atoms with Crippen molar-refractivity contribution < 1.29 is 22.8 Å². The van der Waals surface area contributed by atoms with Crippen LogP contribution < -0.4 is 15.5 Å². The number of carbonyl (C=O) groups excluding carboxylic acids is 2. The lowest BCUT2D eigenvalue weighted by Crippen LogP contribution is -2.59. The number of amides is 3. The molecule has 174 valence electrons. The third kappa shape index (κ3) is 5.16. The summed E-state index contributed by atoms with van der Waals surface area (Å²) in [6.07, 6.45) is -3.23. The minimum Gasteiger partial charge on any atom is -0.365 e. The van der Waals surface area contributed by atoms with Crippen molar-refractivity contribution in [3.63, 3.8) is 0 Å². The van der Waals surface area contributed by atoms with Gasteiger partial charge in [-0.1, -0.05) is 0 Å². The van der Waals surface area contributed by atoms with Gasteiger partial charge in [-0.3, -0.25) is 9.78 Å². The Balaban J connectivity index is 1.76. The molecule has 1 fully saturated rings. The maximum Gasteiger partial charge on any atom is 0.417 e. The van der Waals surface area contributed by atoms with Gasteiger partial charge in [0.2, 0.25) is 0 Å². The van der Waals surface area contributed by atoms with Gasteiger partial charge in [-0.05, 0) is 44.2 Å². The summed E-state index contributed by atoms with van der Waals surface area (Å²) in [4.78, 5) is 32.0. The molecule has 1 aliphatic heterocycles. The fraction of sp³-hybridized carbons (Fsp3) is 0.364. The molecule has 0 spiro atoms. The van der Waals surface area contributed by atoms with Crippen molar-refractivity contribution in [2.75, 3.05) is 30.4 Å². The summed E-state index contributed by atoms with van der Waals surface area (Å²) in [7, 11) is 1.48. The largest absolute Gasteiger partial charge is 0.417 e. The van der Waals surface area contributed by atoms with Crippen LogP contribution >= 0.6 is 0 Å². The van der Waals surface area contributed by atoms with Gasteiger partial charge in [-0.25, -0.2) is 4.79 Å². The number of nitrogens with zero attached hydrogens (tertiary/aromatic N) is 4. The summed E-state index contributed by atoms with van der Waals surface area (Å²) in [6, 6.07) is 7.26. The number of piperazine rings is 1.